The van der Waals surface area contributed by atoms with Crippen LogP contribution in [0.25, 0.3) is 0 Å². The van der Waals surface area contributed by atoms with Crippen LogP contribution in [0.4, 0.5) is 5.69 Å². The quantitative estimate of drug-likeness (QED) is 0.848. The summed E-state index contributed by atoms with van der Waals surface area (Å²) >= 11 is 0. The maximum absolute atomic E-state index is 11.9. The molecule has 0 aromatic heterocycles. The average molecular weight is 262 g/mol. The van der Waals surface area contributed by atoms with Crippen molar-refractivity contribution in [2.24, 2.45) is 0 Å². The molecule has 1 unspecified atom stereocenters. The van der Waals surface area contributed by atoms with Gasteiger partial charge < -0.3 is 15.4 Å². The number of hydrogen-bond acceptors (Lipinski definition) is 3. The molecule has 4 heteroatoms. The lowest BCUT2D eigenvalue weighted by molar-refractivity contribution is -0.133. The molecule has 4 nitrogen and oxygen atoms in total. The largest absolute Gasteiger partial charge is 0.489 e. The van der Waals surface area contributed by atoms with E-state index in [4.69, 9.17) is 10.5 Å². The Labute approximate surface area is 114 Å². The van der Waals surface area contributed by atoms with Crippen molar-refractivity contribution in [3.63, 3.8) is 0 Å². The minimum Gasteiger partial charge on any atom is -0.489 e. The number of amides is 1. The number of nitrogens with zero attached hydrogens (tertiary/aromatic N) is 1. The number of benzene rings is 1. The van der Waals surface area contributed by atoms with Crippen molar-refractivity contribution in [2.45, 2.75) is 38.7 Å². The van der Waals surface area contributed by atoms with Gasteiger partial charge in [0.1, 0.15) is 11.9 Å². The molecule has 1 heterocycles. The van der Waals surface area contributed by atoms with Gasteiger partial charge in [-0.1, -0.05) is 13.0 Å². The Bertz CT molecular complexity index is 434. The Morgan fingerprint density at radius 1 is 1.53 bits per heavy atom. The van der Waals surface area contributed by atoms with Crippen LogP contribution in [-0.4, -0.2) is 30.0 Å². The van der Waals surface area contributed by atoms with Gasteiger partial charge in [-0.3, -0.25) is 4.79 Å². The van der Waals surface area contributed by atoms with Crippen LogP contribution in [0.2, 0.25) is 0 Å². The third-order valence-electron chi connectivity index (χ3n) is 3.36. The Hall–Kier alpha value is -1.71. The van der Waals surface area contributed by atoms with Crippen LogP contribution in [-0.2, 0) is 4.79 Å². The lowest BCUT2D eigenvalue weighted by Crippen LogP contribution is -2.44. The van der Waals surface area contributed by atoms with Crippen LogP contribution >= 0.6 is 0 Å². The van der Waals surface area contributed by atoms with E-state index >= 15 is 0 Å². The summed E-state index contributed by atoms with van der Waals surface area (Å²) in [5.41, 5.74) is 6.44. The van der Waals surface area contributed by atoms with E-state index in [1.165, 1.54) is 0 Å². The number of likely N-dealkylation sites (tertiary alicyclic amines) is 1. The van der Waals surface area contributed by atoms with Gasteiger partial charge in [0, 0.05) is 24.7 Å². The van der Waals surface area contributed by atoms with E-state index in [0.717, 1.165) is 31.6 Å². The number of carbonyl (C=O) groups is 1. The summed E-state index contributed by atoms with van der Waals surface area (Å²) in [6.07, 6.45) is 3.60. The van der Waals surface area contributed by atoms with E-state index in [0.29, 0.717) is 18.7 Å². The molecule has 0 aliphatic carbocycles. The molecule has 1 fully saturated rings. The number of piperidine rings is 1. The number of anilines is 1. The first-order valence-electron chi connectivity index (χ1n) is 6.99. The van der Waals surface area contributed by atoms with Crippen molar-refractivity contribution in [3.8, 4) is 5.75 Å². The molecule has 0 radical (unpaired) electrons. The highest BCUT2D eigenvalue weighted by molar-refractivity contribution is 5.76. The van der Waals surface area contributed by atoms with Gasteiger partial charge in [0.2, 0.25) is 5.91 Å². The summed E-state index contributed by atoms with van der Waals surface area (Å²) in [7, 11) is 0. The molecular formula is C15H22N2O2. The van der Waals surface area contributed by atoms with Gasteiger partial charge in [-0.25, -0.2) is 0 Å². The monoisotopic (exact) mass is 262 g/mol. The highest BCUT2D eigenvalue weighted by Gasteiger charge is 2.24. The molecule has 0 bridgehead atoms. The topological polar surface area (TPSA) is 55.6 Å². The van der Waals surface area contributed by atoms with E-state index in [2.05, 4.69) is 0 Å². The van der Waals surface area contributed by atoms with Crippen molar-refractivity contribution in [3.05, 3.63) is 24.3 Å². The van der Waals surface area contributed by atoms with E-state index in [1.807, 2.05) is 36.1 Å². The maximum Gasteiger partial charge on any atom is 0.222 e. The first-order valence-corrected chi connectivity index (χ1v) is 6.99. The molecule has 104 valence electrons. The molecule has 2 rings (SSSR count). The van der Waals surface area contributed by atoms with Crippen molar-refractivity contribution < 1.29 is 9.53 Å². The lowest BCUT2D eigenvalue weighted by atomic mass is 10.1. The van der Waals surface area contributed by atoms with Crippen molar-refractivity contribution in [1.82, 2.24) is 4.90 Å². The molecule has 1 aliphatic heterocycles. The lowest BCUT2D eigenvalue weighted by Gasteiger charge is -2.33. The predicted molar refractivity (Wildman–Crippen MR) is 76.0 cm³/mol. The Kier molecular flexibility index (Phi) is 4.66. The first kappa shape index (κ1) is 13.7. The van der Waals surface area contributed by atoms with Crippen LogP contribution in [0, 0.1) is 0 Å². The highest BCUT2D eigenvalue weighted by Crippen LogP contribution is 2.20. The smallest absolute Gasteiger partial charge is 0.222 e. The Balaban J connectivity index is 1.92. The minimum absolute atomic E-state index is 0.0800. The van der Waals surface area contributed by atoms with E-state index in [-0.39, 0.29) is 12.0 Å². The fraction of sp³-hybridized carbons (Fsp3) is 0.533. The molecule has 2 N–H and O–H groups in total. The molecular weight excluding hydrogens is 240 g/mol. The van der Waals surface area contributed by atoms with Crippen molar-refractivity contribution in [2.75, 3.05) is 18.8 Å². The fourth-order valence-corrected chi connectivity index (χ4v) is 2.41. The van der Waals surface area contributed by atoms with Crippen LogP contribution in [0.3, 0.4) is 0 Å². The fourth-order valence-electron chi connectivity index (χ4n) is 2.41. The molecule has 1 aliphatic rings. The van der Waals surface area contributed by atoms with E-state index in [9.17, 15) is 4.79 Å². The number of carbonyl (C=O) groups excluding carboxylic acids is 1. The molecule has 1 saturated heterocycles. The average Bonchev–Trinajstić information content (AvgIpc) is 2.39. The highest BCUT2D eigenvalue weighted by atomic mass is 16.5. The van der Waals surface area contributed by atoms with Crippen LogP contribution in [0.1, 0.15) is 32.6 Å². The summed E-state index contributed by atoms with van der Waals surface area (Å²) in [6.45, 7) is 3.58. The van der Waals surface area contributed by atoms with Crippen LogP contribution in [0.15, 0.2) is 24.3 Å². The van der Waals surface area contributed by atoms with Gasteiger partial charge in [-0.2, -0.15) is 0 Å². The number of nitrogen functional groups attached to an aromatic ring is 1. The van der Waals surface area contributed by atoms with Gasteiger partial charge in [-0.05, 0) is 31.4 Å². The van der Waals surface area contributed by atoms with Crippen molar-refractivity contribution in [1.29, 1.82) is 0 Å². The van der Waals surface area contributed by atoms with Crippen LogP contribution < -0.4 is 10.5 Å². The van der Waals surface area contributed by atoms with Gasteiger partial charge in [0.15, 0.2) is 0 Å². The molecule has 1 aromatic carbocycles. The standard InChI is InChI=1S/C15H22N2O2/c1-2-5-15(18)17-9-4-8-14(11-17)19-13-7-3-6-12(16)10-13/h3,6-7,10,14H,2,4-5,8-9,11,16H2,1H3. The molecule has 0 spiro atoms. The molecule has 19 heavy (non-hydrogen) atoms. The summed E-state index contributed by atoms with van der Waals surface area (Å²) in [5, 5.41) is 0. The summed E-state index contributed by atoms with van der Waals surface area (Å²) in [6, 6.07) is 7.45. The predicted octanol–water partition coefficient (Wildman–Crippen LogP) is 2.44. The molecule has 1 aromatic rings. The number of ether oxygens (including phenoxy) is 1. The zero-order chi connectivity index (χ0) is 13.7. The summed E-state index contributed by atoms with van der Waals surface area (Å²) in [4.78, 5) is 13.8. The zero-order valence-corrected chi connectivity index (χ0v) is 11.5. The van der Waals surface area contributed by atoms with E-state index < -0.39 is 0 Å². The Morgan fingerprint density at radius 2 is 2.37 bits per heavy atom. The maximum atomic E-state index is 11.9. The second-order valence-electron chi connectivity index (χ2n) is 5.04. The van der Waals surface area contributed by atoms with Gasteiger partial charge >= 0.3 is 0 Å². The number of rotatable bonds is 4. The molecule has 0 saturated carbocycles. The van der Waals surface area contributed by atoms with E-state index in [1.54, 1.807) is 0 Å². The van der Waals surface area contributed by atoms with Gasteiger partial charge in [-0.15, -0.1) is 0 Å². The normalized spacial score (nSPS) is 19.2. The summed E-state index contributed by atoms with van der Waals surface area (Å²) in [5.74, 6) is 1.03. The Morgan fingerprint density at radius 3 is 3.11 bits per heavy atom. The second kappa shape index (κ2) is 6.45. The van der Waals surface area contributed by atoms with Gasteiger partial charge in [0.25, 0.3) is 0 Å². The van der Waals surface area contributed by atoms with Crippen molar-refractivity contribution >= 4 is 11.6 Å². The minimum atomic E-state index is 0.0800. The number of hydrogen-bond donors (Lipinski definition) is 1. The first-order chi connectivity index (χ1) is 9.19. The third kappa shape index (κ3) is 3.88. The van der Waals surface area contributed by atoms with Crippen LogP contribution in [0.5, 0.6) is 5.75 Å². The second-order valence-corrected chi connectivity index (χ2v) is 5.04. The number of nitrogens with two attached hydrogens (primary N) is 1. The van der Waals surface area contributed by atoms with Gasteiger partial charge in [0.05, 0.1) is 6.54 Å². The molecule has 1 amide bonds. The summed E-state index contributed by atoms with van der Waals surface area (Å²) < 4.78 is 5.92. The SMILES string of the molecule is CCCC(=O)N1CCCC(Oc2cccc(N)c2)C1. The third-order valence-corrected chi connectivity index (χ3v) is 3.36. The zero-order valence-electron chi connectivity index (χ0n) is 11.5. The molecule has 1 atom stereocenters.